The number of aromatic nitrogens is 2. The average Bonchev–Trinajstić information content (AvgIpc) is 3.16. The van der Waals surface area contributed by atoms with Gasteiger partial charge >= 0.3 is 0 Å². The van der Waals surface area contributed by atoms with Gasteiger partial charge in [-0.25, -0.2) is 4.68 Å². The highest BCUT2D eigenvalue weighted by Crippen LogP contribution is 2.33. The van der Waals surface area contributed by atoms with Crippen molar-refractivity contribution in [3.8, 4) is 23.1 Å². The van der Waals surface area contributed by atoms with E-state index in [0.717, 1.165) is 29.1 Å². The summed E-state index contributed by atoms with van der Waals surface area (Å²) < 4.78 is 18.9. The maximum atomic E-state index is 10.6. The second kappa shape index (κ2) is 12.9. The molecule has 2 unspecified atom stereocenters. The number of aryl methyl sites for hydroxylation is 1. The summed E-state index contributed by atoms with van der Waals surface area (Å²) in [6.45, 7) is 10.1. The van der Waals surface area contributed by atoms with E-state index in [1.807, 2.05) is 62.4 Å². The summed E-state index contributed by atoms with van der Waals surface area (Å²) in [6, 6.07) is 15.2. The van der Waals surface area contributed by atoms with E-state index in [4.69, 9.17) is 30.9 Å². The molecular weight excluding hydrogens is 466 g/mol. The maximum absolute atomic E-state index is 10.6. The van der Waals surface area contributed by atoms with E-state index in [9.17, 15) is 5.11 Å². The van der Waals surface area contributed by atoms with E-state index < -0.39 is 6.10 Å². The van der Waals surface area contributed by atoms with Crippen LogP contribution in [0.15, 0.2) is 48.5 Å². The number of benzene rings is 2. The van der Waals surface area contributed by atoms with Gasteiger partial charge in [-0.1, -0.05) is 24.6 Å². The standard InChI is InChI=1S/C27H36ClN3O4/c1-6-19(3)30(16-23(32)18-34-7-2)17-26-20(4)29-31(22-10-8-9-21(28)15-22)27(26)35-25-13-11-24(33-5)12-14-25/h8-15,19,23,32H,6-7,16-18H2,1-5H3. The quantitative estimate of drug-likeness (QED) is 0.327. The second-order valence-corrected chi connectivity index (χ2v) is 8.97. The van der Waals surface area contributed by atoms with Gasteiger partial charge in [-0.05, 0) is 69.7 Å². The van der Waals surface area contributed by atoms with Crippen molar-refractivity contribution in [1.29, 1.82) is 0 Å². The first kappa shape index (κ1) is 27.0. The summed E-state index contributed by atoms with van der Waals surface area (Å²) in [6.07, 6.45) is 0.357. The number of halogens is 1. The van der Waals surface area contributed by atoms with Gasteiger partial charge in [0.05, 0.1) is 36.8 Å². The first-order valence-corrected chi connectivity index (χ1v) is 12.4. The minimum atomic E-state index is -0.585. The van der Waals surface area contributed by atoms with Crippen molar-refractivity contribution in [2.75, 3.05) is 26.9 Å². The van der Waals surface area contributed by atoms with Gasteiger partial charge in [0.15, 0.2) is 0 Å². The zero-order valence-electron chi connectivity index (χ0n) is 21.2. The Bertz CT molecular complexity index is 1070. The lowest BCUT2D eigenvalue weighted by molar-refractivity contribution is 0.0111. The summed E-state index contributed by atoms with van der Waals surface area (Å²) in [4.78, 5) is 2.25. The van der Waals surface area contributed by atoms with E-state index in [2.05, 4.69) is 18.7 Å². The fourth-order valence-electron chi connectivity index (χ4n) is 3.80. The number of aliphatic hydroxyl groups excluding tert-OH is 1. The molecule has 0 saturated carbocycles. The van der Waals surface area contributed by atoms with Crippen molar-refractivity contribution in [3.05, 3.63) is 64.8 Å². The maximum Gasteiger partial charge on any atom is 0.227 e. The first-order valence-electron chi connectivity index (χ1n) is 12.0. The van der Waals surface area contributed by atoms with Crippen LogP contribution in [0.25, 0.3) is 5.69 Å². The number of nitrogens with zero attached hydrogens (tertiary/aromatic N) is 3. The molecule has 0 aliphatic heterocycles. The number of methoxy groups -OCH3 is 1. The molecule has 7 nitrogen and oxygen atoms in total. The number of ether oxygens (including phenoxy) is 3. The Morgan fingerprint density at radius 3 is 2.46 bits per heavy atom. The van der Waals surface area contributed by atoms with E-state index in [-0.39, 0.29) is 6.04 Å². The van der Waals surface area contributed by atoms with Crippen LogP contribution in [-0.2, 0) is 11.3 Å². The summed E-state index contributed by atoms with van der Waals surface area (Å²) in [7, 11) is 1.63. The molecule has 3 rings (SSSR count). The monoisotopic (exact) mass is 501 g/mol. The number of aliphatic hydroxyl groups is 1. The van der Waals surface area contributed by atoms with Gasteiger partial charge in [0.2, 0.25) is 5.88 Å². The Morgan fingerprint density at radius 2 is 1.83 bits per heavy atom. The molecular formula is C27H36ClN3O4. The third-order valence-electron chi connectivity index (χ3n) is 6.00. The number of rotatable bonds is 13. The smallest absolute Gasteiger partial charge is 0.227 e. The van der Waals surface area contributed by atoms with Crippen LogP contribution >= 0.6 is 11.6 Å². The second-order valence-electron chi connectivity index (χ2n) is 8.54. The molecule has 1 aromatic heterocycles. The van der Waals surface area contributed by atoms with Crippen molar-refractivity contribution in [3.63, 3.8) is 0 Å². The summed E-state index contributed by atoms with van der Waals surface area (Å²) in [5, 5.41) is 16.0. The van der Waals surface area contributed by atoms with Crippen molar-refractivity contribution in [2.24, 2.45) is 0 Å². The molecule has 8 heteroatoms. The highest BCUT2D eigenvalue weighted by atomic mass is 35.5. The molecule has 2 atom stereocenters. The number of hydrogen-bond acceptors (Lipinski definition) is 6. The zero-order valence-corrected chi connectivity index (χ0v) is 22.0. The Morgan fingerprint density at radius 1 is 1.11 bits per heavy atom. The lowest BCUT2D eigenvalue weighted by atomic mass is 10.1. The third-order valence-corrected chi connectivity index (χ3v) is 6.23. The van der Waals surface area contributed by atoms with E-state index in [0.29, 0.717) is 43.0 Å². The number of hydrogen-bond donors (Lipinski definition) is 1. The van der Waals surface area contributed by atoms with E-state index in [1.54, 1.807) is 11.8 Å². The Balaban J connectivity index is 2.00. The summed E-state index contributed by atoms with van der Waals surface area (Å²) in [5.41, 5.74) is 2.60. The highest BCUT2D eigenvalue weighted by Gasteiger charge is 2.25. The van der Waals surface area contributed by atoms with Gasteiger partial charge in [0.1, 0.15) is 11.5 Å². The van der Waals surface area contributed by atoms with Crippen LogP contribution in [-0.4, -0.2) is 58.8 Å². The van der Waals surface area contributed by atoms with Crippen LogP contribution in [0, 0.1) is 6.92 Å². The van der Waals surface area contributed by atoms with Crippen molar-refractivity contribution in [1.82, 2.24) is 14.7 Å². The molecule has 2 aromatic carbocycles. The molecule has 35 heavy (non-hydrogen) atoms. The molecule has 0 amide bonds. The summed E-state index contributed by atoms with van der Waals surface area (Å²) in [5.74, 6) is 2.03. The molecule has 0 spiro atoms. The van der Waals surface area contributed by atoms with Crippen LogP contribution in [0.5, 0.6) is 17.4 Å². The van der Waals surface area contributed by atoms with E-state index >= 15 is 0 Å². The third kappa shape index (κ3) is 7.21. The SMILES string of the molecule is CCOCC(O)CN(Cc1c(C)nn(-c2cccc(Cl)c2)c1Oc1ccc(OC)cc1)C(C)CC. The Labute approximate surface area is 213 Å². The fraction of sp³-hybridized carbons (Fsp3) is 0.444. The molecule has 0 aliphatic rings. The van der Waals surface area contributed by atoms with Gasteiger partial charge in [-0.3, -0.25) is 4.90 Å². The van der Waals surface area contributed by atoms with Crippen molar-refractivity contribution < 1.29 is 19.3 Å². The highest BCUT2D eigenvalue weighted by molar-refractivity contribution is 6.30. The van der Waals surface area contributed by atoms with Crippen LogP contribution in [0.4, 0.5) is 0 Å². The lowest BCUT2D eigenvalue weighted by Crippen LogP contribution is -2.40. The predicted molar refractivity (Wildman–Crippen MR) is 139 cm³/mol. The summed E-state index contributed by atoms with van der Waals surface area (Å²) >= 11 is 6.29. The molecule has 190 valence electrons. The topological polar surface area (TPSA) is 69.0 Å². The van der Waals surface area contributed by atoms with Crippen LogP contribution in [0.2, 0.25) is 5.02 Å². The molecule has 0 radical (unpaired) electrons. The largest absolute Gasteiger partial charge is 0.497 e. The van der Waals surface area contributed by atoms with Gasteiger partial charge < -0.3 is 19.3 Å². The van der Waals surface area contributed by atoms with Gasteiger partial charge in [0, 0.05) is 30.8 Å². The first-order chi connectivity index (χ1) is 16.9. The molecule has 0 fully saturated rings. The fourth-order valence-corrected chi connectivity index (χ4v) is 3.99. The van der Waals surface area contributed by atoms with Crippen LogP contribution in [0.1, 0.15) is 38.4 Å². The Kier molecular flexibility index (Phi) is 9.98. The molecule has 1 heterocycles. The predicted octanol–water partition coefficient (Wildman–Crippen LogP) is 5.63. The van der Waals surface area contributed by atoms with Crippen LogP contribution < -0.4 is 9.47 Å². The van der Waals surface area contributed by atoms with Crippen molar-refractivity contribution in [2.45, 2.75) is 52.8 Å². The van der Waals surface area contributed by atoms with Gasteiger partial charge in [-0.2, -0.15) is 5.10 Å². The molecule has 0 aliphatic carbocycles. The minimum absolute atomic E-state index is 0.244. The van der Waals surface area contributed by atoms with Gasteiger partial charge in [-0.15, -0.1) is 0 Å². The lowest BCUT2D eigenvalue weighted by Gasteiger charge is -2.30. The Hall–Kier alpha value is -2.58. The molecule has 0 saturated heterocycles. The van der Waals surface area contributed by atoms with Crippen molar-refractivity contribution >= 4 is 11.6 Å². The molecule has 1 N–H and O–H groups in total. The normalized spacial score (nSPS) is 13.1. The van der Waals surface area contributed by atoms with E-state index in [1.165, 1.54) is 0 Å². The molecule has 0 bridgehead atoms. The van der Waals surface area contributed by atoms with Gasteiger partial charge in [0.25, 0.3) is 0 Å². The molecule has 3 aromatic rings. The van der Waals surface area contributed by atoms with Crippen LogP contribution in [0.3, 0.4) is 0 Å². The minimum Gasteiger partial charge on any atom is -0.497 e. The zero-order chi connectivity index (χ0) is 25.4. The average molecular weight is 502 g/mol.